The van der Waals surface area contributed by atoms with Crippen LogP contribution >= 0.6 is 0 Å². The van der Waals surface area contributed by atoms with Gasteiger partial charge in [-0.25, -0.2) is 0 Å². The van der Waals surface area contributed by atoms with Crippen LogP contribution in [0, 0.1) is 5.92 Å². The van der Waals surface area contributed by atoms with Gasteiger partial charge in [0.15, 0.2) is 11.5 Å². The van der Waals surface area contributed by atoms with E-state index >= 15 is 0 Å². The molecule has 0 amide bonds. The molecule has 0 spiro atoms. The molecule has 1 fully saturated rings. The van der Waals surface area contributed by atoms with Gasteiger partial charge in [0.2, 0.25) is 6.79 Å². The van der Waals surface area contributed by atoms with Crippen molar-refractivity contribution in [3.8, 4) is 11.5 Å². The van der Waals surface area contributed by atoms with Crippen molar-refractivity contribution in [2.75, 3.05) is 6.79 Å². The van der Waals surface area contributed by atoms with Gasteiger partial charge in [-0.05, 0) is 48.9 Å². The summed E-state index contributed by atoms with van der Waals surface area (Å²) in [5.74, 6) is 2.32. The summed E-state index contributed by atoms with van der Waals surface area (Å²) in [5, 5.41) is 4.42. The normalized spacial score (nSPS) is 16.4. The van der Waals surface area contributed by atoms with E-state index < -0.39 is 0 Å². The molecule has 23 heavy (non-hydrogen) atoms. The van der Waals surface area contributed by atoms with Gasteiger partial charge >= 0.3 is 0 Å². The van der Waals surface area contributed by atoms with Crippen molar-refractivity contribution in [2.45, 2.75) is 25.9 Å². The third-order valence-electron chi connectivity index (χ3n) is 4.13. The van der Waals surface area contributed by atoms with Gasteiger partial charge in [-0.2, -0.15) is 0 Å². The summed E-state index contributed by atoms with van der Waals surface area (Å²) >= 11 is 0. The Bertz CT molecular complexity index is 708. The molecule has 0 atom stereocenters. The number of oxime groups is 1. The van der Waals surface area contributed by atoms with Gasteiger partial charge in [0.1, 0.15) is 6.61 Å². The Balaban J connectivity index is 1.50. The highest BCUT2D eigenvalue weighted by atomic mass is 16.7. The lowest BCUT2D eigenvalue weighted by atomic mass is 10.0. The lowest BCUT2D eigenvalue weighted by Gasteiger charge is -2.08. The van der Waals surface area contributed by atoms with Gasteiger partial charge in [0.25, 0.3) is 0 Å². The average molecular weight is 309 g/mol. The Hall–Kier alpha value is -2.49. The molecule has 0 saturated heterocycles. The Morgan fingerprint density at radius 3 is 2.70 bits per heavy atom. The van der Waals surface area contributed by atoms with Crippen LogP contribution in [0.1, 0.15) is 30.4 Å². The molecule has 0 N–H and O–H groups in total. The fourth-order valence-corrected chi connectivity index (χ4v) is 2.64. The van der Waals surface area contributed by atoms with Crippen LogP contribution in [0.15, 0.2) is 53.7 Å². The van der Waals surface area contributed by atoms with Crippen LogP contribution in [0.4, 0.5) is 0 Å². The molecule has 1 saturated carbocycles. The zero-order chi connectivity index (χ0) is 15.5. The van der Waals surface area contributed by atoms with E-state index in [1.54, 1.807) is 0 Å². The predicted octanol–water partition coefficient (Wildman–Crippen LogP) is 4.14. The molecule has 1 aliphatic carbocycles. The van der Waals surface area contributed by atoms with Crippen LogP contribution in [-0.4, -0.2) is 12.5 Å². The van der Waals surface area contributed by atoms with E-state index in [0.29, 0.717) is 13.4 Å². The number of ether oxygens (including phenoxy) is 2. The Labute approximate surface area is 135 Å². The standard InChI is InChI=1S/C19H19NO3/c1-2-4-15(5-3-1)12-23-20-17(10-14-6-7-14)16-8-9-18-19(11-16)22-13-21-18/h1-5,8-9,11,14H,6-7,10,12-13H2. The fourth-order valence-electron chi connectivity index (χ4n) is 2.64. The smallest absolute Gasteiger partial charge is 0.231 e. The number of hydrogen-bond acceptors (Lipinski definition) is 4. The monoisotopic (exact) mass is 309 g/mol. The second kappa shape index (κ2) is 6.32. The maximum Gasteiger partial charge on any atom is 0.231 e. The first-order valence-electron chi connectivity index (χ1n) is 8.01. The zero-order valence-electron chi connectivity index (χ0n) is 12.9. The van der Waals surface area contributed by atoms with Crippen LogP contribution in [0.3, 0.4) is 0 Å². The summed E-state index contributed by atoms with van der Waals surface area (Å²) in [6.07, 6.45) is 3.51. The van der Waals surface area contributed by atoms with Crippen LogP contribution in [0.25, 0.3) is 0 Å². The summed E-state index contributed by atoms with van der Waals surface area (Å²) < 4.78 is 10.8. The van der Waals surface area contributed by atoms with Gasteiger partial charge in [-0.1, -0.05) is 35.5 Å². The maximum absolute atomic E-state index is 5.60. The van der Waals surface area contributed by atoms with Crippen molar-refractivity contribution < 1.29 is 14.3 Å². The second-order valence-corrected chi connectivity index (χ2v) is 6.01. The number of nitrogens with zero attached hydrogens (tertiary/aromatic N) is 1. The summed E-state index contributed by atoms with van der Waals surface area (Å²) in [6.45, 7) is 0.776. The van der Waals surface area contributed by atoms with E-state index in [2.05, 4.69) is 5.16 Å². The van der Waals surface area contributed by atoms with Gasteiger partial charge in [-0.3, -0.25) is 0 Å². The van der Waals surface area contributed by atoms with Crippen molar-refractivity contribution in [1.29, 1.82) is 0 Å². The van der Waals surface area contributed by atoms with Gasteiger partial charge < -0.3 is 14.3 Å². The second-order valence-electron chi connectivity index (χ2n) is 6.01. The molecule has 1 aliphatic heterocycles. The third kappa shape index (κ3) is 3.47. The Morgan fingerprint density at radius 1 is 1.04 bits per heavy atom. The van der Waals surface area contributed by atoms with Gasteiger partial charge in [0.05, 0.1) is 5.71 Å². The molecule has 1 heterocycles. The van der Waals surface area contributed by atoms with Crippen LogP contribution in [-0.2, 0) is 11.4 Å². The first kappa shape index (κ1) is 14.1. The molecule has 0 unspecified atom stereocenters. The molecule has 4 heteroatoms. The number of rotatable bonds is 6. The Morgan fingerprint density at radius 2 is 1.87 bits per heavy atom. The quantitative estimate of drug-likeness (QED) is 0.595. The van der Waals surface area contributed by atoms with Crippen LogP contribution in [0.5, 0.6) is 11.5 Å². The molecule has 2 aromatic carbocycles. The molecule has 4 nitrogen and oxygen atoms in total. The number of fused-ring (bicyclic) bond motifs is 1. The van der Waals surface area contributed by atoms with E-state index in [-0.39, 0.29) is 0 Å². The lowest BCUT2D eigenvalue weighted by Crippen LogP contribution is -2.04. The van der Waals surface area contributed by atoms with E-state index in [1.165, 1.54) is 12.8 Å². The molecule has 2 aromatic rings. The van der Waals surface area contributed by atoms with Gasteiger partial charge in [-0.15, -0.1) is 0 Å². The van der Waals surface area contributed by atoms with Crippen molar-refractivity contribution in [2.24, 2.45) is 11.1 Å². The molecule has 4 rings (SSSR count). The molecule has 0 aromatic heterocycles. The van der Waals surface area contributed by atoms with Crippen LogP contribution < -0.4 is 9.47 Å². The minimum absolute atomic E-state index is 0.290. The van der Waals surface area contributed by atoms with E-state index in [4.69, 9.17) is 14.3 Å². The fraction of sp³-hybridized carbons (Fsp3) is 0.316. The predicted molar refractivity (Wildman–Crippen MR) is 87.7 cm³/mol. The molecule has 2 aliphatic rings. The highest BCUT2D eigenvalue weighted by Gasteiger charge is 2.25. The molecular formula is C19H19NO3. The van der Waals surface area contributed by atoms with Crippen molar-refractivity contribution in [3.63, 3.8) is 0 Å². The van der Waals surface area contributed by atoms with E-state index in [1.807, 2.05) is 48.5 Å². The lowest BCUT2D eigenvalue weighted by molar-refractivity contribution is 0.130. The third-order valence-corrected chi connectivity index (χ3v) is 4.13. The minimum atomic E-state index is 0.290. The summed E-state index contributed by atoms with van der Waals surface area (Å²) in [4.78, 5) is 5.60. The SMILES string of the molecule is c1ccc(CON=C(CC2CC2)c2ccc3c(c2)OCO3)cc1. The summed E-state index contributed by atoms with van der Waals surface area (Å²) in [6, 6.07) is 16.1. The topological polar surface area (TPSA) is 40.0 Å². The number of hydrogen-bond donors (Lipinski definition) is 0. The highest BCUT2D eigenvalue weighted by Crippen LogP contribution is 2.36. The zero-order valence-corrected chi connectivity index (χ0v) is 12.9. The summed E-state index contributed by atoms with van der Waals surface area (Å²) in [5.41, 5.74) is 3.16. The Kier molecular flexibility index (Phi) is 3.88. The van der Waals surface area contributed by atoms with Crippen molar-refractivity contribution in [1.82, 2.24) is 0 Å². The molecule has 118 valence electrons. The van der Waals surface area contributed by atoms with Crippen molar-refractivity contribution >= 4 is 5.71 Å². The first-order chi connectivity index (χ1) is 11.4. The molecular weight excluding hydrogens is 290 g/mol. The maximum atomic E-state index is 5.60. The van der Waals surface area contributed by atoms with Gasteiger partial charge in [0, 0.05) is 5.56 Å². The molecule has 0 radical (unpaired) electrons. The van der Waals surface area contributed by atoms with E-state index in [0.717, 1.165) is 40.7 Å². The van der Waals surface area contributed by atoms with E-state index in [9.17, 15) is 0 Å². The largest absolute Gasteiger partial charge is 0.454 e. The highest BCUT2D eigenvalue weighted by molar-refractivity contribution is 6.01. The van der Waals surface area contributed by atoms with Crippen LogP contribution in [0.2, 0.25) is 0 Å². The number of benzene rings is 2. The minimum Gasteiger partial charge on any atom is -0.454 e. The average Bonchev–Trinajstić information content (AvgIpc) is 3.28. The first-order valence-corrected chi connectivity index (χ1v) is 8.01. The van der Waals surface area contributed by atoms with Crippen molar-refractivity contribution in [3.05, 3.63) is 59.7 Å². The molecule has 0 bridgehead atoms. The summed E-state index contributed by atoms with van der Waals surface area (Å²) in [7, 11) is 0.